The molecule has 7 nitrogen and oxygen atoms in total. The van der Waals surface area contributed by atoms with E-state index in [1.807, 2.05) is 11.9 Å². The highest BCUT2D eigenvalue weighted by atomic mass is 32.2. The van der Waals surface area contributed by atoms with Gasteiger partial charge in [-0.05, 0) is 13.3 Å². The van der Waals surface area contributed by atoms with Crippen LogP contribution in [0.25, 0.3) is 0 Å². The Balaban J connectivity index is 3.45. The zero-order valence-electron chi connectivity index (χ0n) is 9.63. The van der Waals surface area contributed by atoms with Crippen molar-refractivity contribution in [3.8, 4) is 0 Å². The molecule has 1 aromatic rings. The predicted octanol–water partition coefficient (Wildman–Crippen LogP) is -0.455. The molecule has 1 unspecified atom stereocenters. The van der Waals surface area contributed by atoms with Crippen molar-refractivity contribution in [2.75, 3.05) is 0 Å². The molecule has 17 heavy (non-hydrogen) atoms. The van der Waals surface area contributed by atoms with Crippen LogP contribution >= 0.6 is 0 Å². The number of hydrogen-bond acceptors (Lipinski definition) is 4. The molecule has 1 heterocycles. The molecule has 1 rings (SSSR count). The van der Waals surface area contributed by atoms with Crippen LogP contribution in [0.2, 0.25) is 0 Å². The van der Waals surface area contributed by atoms with Gasteiger partial charge in [-0.3, -0.25) is 14.3 Å². The highest BCUT2D eigenvalue weighted by molar-refractivity contribution is 7.89. The third kappa shape index (κ3) is 3.04. The molecule has 96 valence electrons. The fourth-order valence-corrected chi connectivity index (χ4v) is 2.12. The molecule has 0 aliphatic carbocycles. The molecular formula is C9H15N3O4S. The first kappa shape index (κ1) is 13.7. The summed E-state index contributed by atoms with van der Waals surface area (Å²) in [6.45, 7) is 3.70. The second kappa shape index (κ2) is 4.84. The summed E-state index contributed by atoms with van der Waals surface area (Å²) < 4.78 is 23.5. The summed E-state index contributed by atoms with van der Waals surface area (Å²) >= 11 is 0. The number of hydrogen-bond donors (Lipinski definition) is 2. The van der Waals surface area contributed by atoms with Crippen molar-refractivity contribution in [3.63, 3.8) is 0 Å². The lowest BCUT2D eigenvalue weighted by atomic mass is 10.2. The molecule has 0 saturated heterocycles. The number of sulfonamides is 1. The molecule has 1 atom stereocenters. The number of H-pyrrole nitrogens is 1. The Morgan fingerprint density at radius 1 is 1.47 bits per heavy atom. The van der Waals surface area contributed by atoms with Crippen molar-refractivity contribution in [1.82, 2.24) is 9.55 Å². The molecule has 0 amide bonds. The zero-order valence-corrected chi connectivity index (χ0v) is 10.5. The molecule has 1 aromatic heterocycles. The van der Waals surface area contributed by atoms with Crippen LogP contribution < -0.4 is 16.4 Å². The van der Waals surface area contributed by atoms with Crippen molar-refractivity contribution in [1.29, 1.82) is 0 Å². The number of nitrogens with two attached hydrogens (primary N) is 1. The Labute approximate surface area is 98.3 Å². The lowest BCUT2D eigenvalue weighted by Crippen LogP contribution is -2.35. The molecule has 0 aliphatic rings. The number of rotatable bonds is 4. The summed E-state index contributed by atoms with van der Waals surface area (Å²) in [5, 5.41) is 4.89. The van der Waals surface area contributed by atoms with E-state index in [1.165, 1.54) is 4.57 Å². The second-order valence-electron chi connectivity index (χ2n) is 3.84. The van der Waals surface area contributed by atoms with Crippen LogP contribution in [-0.2, 0) is 10.0 Å². The van der Waals surface area contributed by atoms with Gasteiger partial charge in [0.05, 0.1) is 0 Å². The van der Waals surface area contributed by atoms with Gasteiger partial charge in [0.1, 0.15) is 0 Å². The fourth-order valence-electron chi connectivity index (χ4n) is 1.55. The van der Waals surface area contributed by atoms with Crippen LogP contribution in [0.3, 0.4) is 0 Å². The van der Waals surface area contributed by atoms with E-state index in [0.29, 0.717) is 6.42 Å². The van der Waals surface area contributed by atoms with Crippen LogP contribution in [0.1, 0.15) is 32.7 Å². The molecule has 0 saturated carbocycles. The van der Waals surface area contributed by atoms with E-state index in [0.717, 1.165) is 12.6 Å². The van der Waals surface area contributed by atoms with Crippen LogP contribution in [0.5, 0.6) is 0 Å². The first-order valence-corrected chi connectivity index (χ1v) is 6.70. The number of aromatic nitrogens is 2. The van der Waals surface area contributed by atoms with Gasteiger partial charge in [-0.25, -0.2) is 18.4 Å². The Kier molecular flexibility index (Phi) is 3.89. The first-order valence-electron chi connectivity index (χ1n) is 5.15. The second-order valence-corrected chi connectivity index (χ2v) is 5.37. The Morgan fingerprint density at radius 2 is 2.06 bits per heavy atom. The SMILES string of the molecule is CCCC(C)n1cc(S(N)(=O)=O)c(=O)[nH]c1=O. The standard InChI is InChI=1S/C9H15N3O4S/c1-3-4-6(2)12-5-7(17(10,15)16)8(13)11-9(12)14/h5-6H,3-4H2,1-2H3,(H2,10,15,16)(H,11,13,14). The van der Waals surface area contributed by atoms with E-state index in [2.05, 4.69) is 0 Å². The number of nitrogens with zero attached hydrogens (tertiary/aromatic N) is 1. The van der Waals surface area contributed by atoms with Gasteiger partial charge in [-0.1, -0.05) is 13.3 Å². The summed E-state index contributed by atoms with van der Waals surface area (Å²) in [6, 6.07) is -0.204. The van der Waals surface area contributed by atoms with Crippen molar-refractivity contribution < 1.29 is 8.42 Å². The Bertz CT molecular complexity index is 614. The molecule has 0 fully saturated rings. The van der Waals surface area contributed by atoms with Gasteiger partial charge in [-0.2, -0.15) is 0 Å². The normalized spacial score (nSPS) is 13.6. The number of nitrogens with one attached hydrogen (secondary N) is 1. The van der Waals surface area contributed by atoms with Gasteiger partial charge in [0, 0.05) is 12.2 Å². The van der Waals surface area contributed by atoms with E-state index in [4.69, 9.17) is 5.14 Å². The predicted molar refractivity (Wildman–Crippen MR) is 62.3 cm³/mol. The quantitative estimate of drug-likeness (QED) is 0.763. The van der Waals surface area contributed by atoms with E-state index in [1.54, 1.807) is 6.92 Å². The van der Waals surface area contributed by atoms with Crippen LogP contribution in [0, 0.1) is 0 Å². The van der Waals surface area contributed by atoms with Gasteiger partial charge in [-0.15, -0.1) is 0 Å². The summed E-state index contributed by atoms with van der Waals surface area (Å²) in [4.78, 5) is 24.1. The van der Waals surface area contributed by atoms with Gasteiger partial charge in [0.25, 0.3) is 5.56 Å². The number of primary sulfonamides is 1. The Morgan fingerprint density at radius 3 is 2.53 bits per heavy atom. The molecule has 0 aromatic carbocycles. The Hall–Kier alpha value is -1.41. The maximum atomic E-state index is 11.5. The van der Waals surface area contributed by atoms with Gasteiger partial charge in [0.2, 0.25) is 10.0 Å². The van der Waals surface area contributed by atoms with Crippen LogP contribution in [0.15, 0.2) is 20.7 Å². The minimum absolute atomic E-state index is 0.204. The average molecular weight is 261 g/mol. The van der Waals surface area contributed by atoms with E-state index in [-0.39, 0.29) is 6.04 Å². The first-order chi connectivity index (χ1) is 7.77. The molecule has 0 spiro atoms. The minimum atomic E-state index is -4.12. The fraction of sp³-hybridized carbons (Fsp3) is 0.556. The van der Waals surface area contributed by atoms with Crippen molar-refractivity contribution in [3.05, 3.63) is 27.0 Å². The van der Waals surface area contributed by atoms with Crippen molar-refractivity contribution in [2.45, 2.75) is 37.6 Å². The summed E-state index contributed by atoms with van der Waals surface area (Å²) in [7, 11) is -4.12. The van der Waals surface area contributed by atoms with E-state index >= 15 is 0 Å². The molecule has 8 heteroatoms. The molecule has 3 N–H and O–H groups in total. The van der Waals surface area contributed by atoms with Gasteiger partial charge < -0.3 is 0 Å². The highest BCUT2D eigenvalue weighted by Crippen LogP contribution is 2.10. The zero-order chi connectivity index (χ0) is 13.2. The maximum absolute atomic E-state index is 11.5. The lowest BCUT2D eigenvalue weighted by molar-refractivity contribution is 0.469. The molecule has 0 bridgehead atoms. The largest absolute Gasteiger partial charge is 0.328 e. The molecule has 0 aliphatic heterocycles. The third-order valence-electron chi connectivity index (χ3n) is 2.42. The van der Waals surface area contributed by atoms with Crippen LogP contribution in [0.4, 0.5) is 0 Å². The van der Waals surface area contributed by atoms with Gasteiger partial charge >= 0.3 is 5.69 Å². The average Bonchev–Trinajstić information content (AvgIpc) is 2.15. The van der Waals surface area contributed by atoms with E-state index < -0.39 is 26.2 Å². The van der Waals surface area contributed by atoms with Gasteiger partial charge in [0.15, 0.2) is 4.90 Å². The van der Waals surface area contributed by atoms with E-state index in [9.17, 15) is 18.0 Å². The lowest BCUT2D eigenvalue weighted by Gasteiger charge is -2.13. The van der Waals surface area contributed by atoms with Crippen molar-refractivity contribution in [2.24, 2.45) is 5.14 Å². The molecular weight excluding hydrogens is 246 g/mol. The summed E-state index contributed by atoms with van der Waals surface area (Å²) in [5.74, 6) is 0. The summed E-state index contributed by atoms with van der Waals surface area (Å²) in [5.41, 5.74) is -1.62. The topological polar surface area (TPSA) is 115 Å². The maximum Gasteiger partial charge on any atom is 0.328 e. The molecule has 0 radical (unpaired) electrons. The minimum Gasteiger partial charge on any atom is -0.296 e. The van der Waals surface area contributed by atoms with Crippen molar-refractivity contribution >= 4 is 10.0 Å². The number of aromatic amines is 1. The highest BCUT2D eigenvalue weighted by Gasteiger charge is 2.17. The monoisotopic (exact) mass is 261 g/mol. The van der Waals surface area contributed by atoms with Crippen LogP contribution in [-0.4, -0.2) is 18.0 Å². The smallest absolute Gasteiger partial charge is 0.296 e. The third-order valence-corrected chi connectivity index (χ3v) is 3.33. The summed E-state index contributed by atoms with van der Waals surface area (Å²) in [6.07, 6.45) is 2.52.